The molecule has 1 fully saturated rings. The number of hydrogen-bond acceptors (Lipinski definition) is 4. The summed E-state index contributed by atoms with van der Waals surface area (Å²) < 4.78 is 27.8. The maximum absolute atomic E-state index is 13.5. The minimum Gasteiger partial charge on any atom is -0.322 e. The van der Waals surface area contributed by atoms with E-state index in [4.69, 9.17) is 5.10 Å². The molecule has 1 amide bonds. The summed E-state index contributed by atoms with van der Waals surface area (Å²) in [6.07, 6.45) is 2.32. The molecule has 1 N–H and O–H groups in total. The van der Waals surface area contributed by atoms with Crippen LogP contribution in [0.5, 0.6) is 0 Å². The molecule has 2 heterocycles. The van der Waals surface area contributed by atoms with Crippen molar-refractivity contribution >= 4 is 27.3 Å². The monoisotopic (exact) mass is 486 g/mol. The van der Waals surface area contributed by atoms with Gasteiger partial charge in [-0.15, -0.1) is 0 Å². The van der Waals surface area contributed by atoms with Crippen molar-refractivity contribution in [2.45, 2.75) is 20.3 Å². The quantitative estimate of drug-likeness (QED) is 0.433. The third-order valence-electron chi connectivity index (χ3n) is 6.11. The zero-order valence-electron chi connectivity index (χ0n) is 19.6. The van der Waals surface area contributed by atoms with Crippen molar-refractivity contribution in [3.63, 3.8) is 0 Å². The van der Waals surface area contributed by atoms with Gasteiger partial charge in [0.25, 0.3) is 5.91 Å². The van der Waals surface area contributed by atoms with Crippen molar-refractivity contribution in [2.24, 2.45) is 0 Å². The zero-order chi connectivity index (χ0) is 24.6. The Labute approximate surface area is 205 Å². The molecule has 8 heteroatoms. The van der Waals surface area contributed by atoms with E-state index >= 15 is 0 Å². The van der Waals surface area contributed by atoms with Crippen LogP contribution in [0.2, 0.25) is 0 Å². The molecule has 35 heavy (non-hydrogen) atoms. The Balaban J connectivity index is 1.52. The van der Waals surface area contributed by atoms with E-state index in [2.05, 4.69) is 11.4 Å². The fraction of sp³-hybridized carbons (Fsp3) is 0.185. The maximum atomic E-state index is 13.5. The summed E-state index contributed by atoms with van der Waals surface area (Å²) in [5, 5.41) is 7.71. The van der Waals surface area contributed by atoms with Gasteiger partial charge >= 0.3 is 0 Å². The van der Waals surface area contributed by atoms with Crippen molar-refractivity contribution in [1.29, 1.82) is 0 Å². The Bertz CT molecular complexity index is 1510. The van der Waals surface area contributed by atoms with Gasteiger partial charge in [0.2, 0.25) is 10.0 Å². The number of benzene rings is 3. The predicted octanol–water partition coefficient (Wildman–Crippen LogP) is 4.95. The molecule has 1 aliphatic rings. The average Bonchev–Trinajstić information content (AvgIpc) is 3.43. The van der Waals surface area contributed by atoms with Gasteiger partial charge in [0, 0.05) is 24.0 Å². The number of hydrogen-bond donors (Lipinski definition) is 1. The lowest BCUT2D eigenvalue weighted by atomic mass is 10.0. The van der Waals surface area contributed by atoms with Crippen LogP contribution >= 0.6 is 0 Å². The number of rotatable bonds is 5. The molecule has 0 spiro atoms. The molecule has 0 bridgehead atoms. The van der Waals surface area contributed by atoms with Gasteiger partial charge in [0.1, 0.15) is 5.69 Å². The third-order valence-corrected chi connectivity index (χ3v) is 7.98. The second-order valence-corrected chi connectivity index (χ2v) is 10.7. The Kier molecular flexibility index (Phi) is 5.90. The number of carbonyl (C=O) groups excluding carboxylic acids is 1. The van der Waals surface area contributed by atoms with Gasteiger partial charge in [-0.3, -0.25) is 9.10 Å². The van der Waals surface area contributed by atoms with Crippen LogP contribution in [0, 0.1) is 13.8 Å². The fourth-order valence-corrected chi connectivity index (χ4v) is 5.95. The lowest BCUT2D eigenvalue weighted by Crippen LogP contribution is -2.25. The Morgan fingerprint density at radius 3 is 2.43 bits per heavy atom. The Morgan fingerprint density at radius 1 is 0.943 bits per heavy atom. The topological polar surface area (TPSA) is 84.3 Å². The summed E-state index contributed by atoms with van der Waals surface area (Å²) >= 11 is 0. The number of carbonyl (C=O) groups is 1. The molecule has 0 radical (unpaired) electrons. The summed E-state index contributed by atoms with van der Waals surface area (Å²) in [6, 6.07) is 22.6. The van der Waals surface area contributed by atoms with Crippen molar-refractivity contribution in [3.05, 3.63) is 95.7 Å². The first kappa shape index (κ1) is 22.9. The number of amides is 1. The van der Waals surface area contributed by atoms with Gasteiger partial charge in [-0.25, -0.2) is 13.1 Å². The standard InChI is InChI=1S/C27H26N4O3S/c1-19-12-13-24(20(2)16-19)26-25(18-30(29-26)22-9-4-3-5-10-22)27(32)28-21-8-6-11-23(17-21)31-14-7-15-35(31,33)34/h3-6,8-13,16-18H,7,14-15H2,1-2H3,(H,28,32). The van der Waals surface area contributed by atoms with Gasteiger partial charge in [-0.1, -0.05) is 48.0 Å². The van der Waals surface area contributed by atoms with Crippen LogP contribution in [-0.4, -0.2) is 36.4 Å². The number of nitrogens with one attached hydrogen (secondary N) is 1. The second-order valence-electron chi connectivity index (χ2n) is 8.74. The van der Waals surface area contributed by atoms with E-state index < -0.39 is 10.0 Å². The molecule has 0 atom stereocenters. The van der Waals surface area contributed by atoms with E-state index in [0.717, 1.165) is 22.4 Å². The first-order chi connectivity index (χ1) is 16.8. The third kappa shape index (κ3) is 4.57. The first-order valence-corrected chi connectivity index (χ1v) is 13.1. The van der Waals surface area contributed by atoms with E-state index in [9.17, 15) is 13.2 Å². The maximum Gasteiger partial charge on any atom is 0.259 e. The van der Waals surface area contributed by atoms with Gasteiger partial charge in [0.15, 0.2) is 0 Å². The molecule has 0 saturated carbocycles. The van der Waals surface area contributed by atoms with Crippen molar-refractivity contribution in [1.82, 2.24) is 9.78 Å². The number of aromatic nitrogens is 2. The molecule has 1 aliphatic heterocycles. The fourth-order valence-electron chi connectivity index (χ4n) is 4.40. The molecule has 3 aromatic carbocycles. The van der Waals surface area contributed by atoms with E-state index in [-0.39, 0.29) is 11.7 Å². The van der Waals surface area contributed by atoms with E-state index in [1.807, 2.05) is 56.3 Å². The number of aryl methyl sites for hydroxylation is 2. The molecular weight excluding hydrogens is 460 g/mol. The van der Waals surface area contributed by atoms with Crippen molar-refractivity contribution < 1.29 is 13.2 Å². The smallest absolute Gasteiger partial charge is 0.259 e. The van der Waals surface area contributed by atoms with Crippen LogP contribution in [0.1, 0.15) is 27.9 Å². The summed E-state index contributed by atoms with van der Waals surface area (Å²) in [7, 11) is -3.31. The average molecular weight is 487 g/mol. The molecule has 1 saturated heterocycles. The summed E-state index contributed by atoms with van der Waals surface area (Å²) in [5.41, 5.74) is 5.98. The Hall–Kier alpha value is -3.91. The van der Waals surface area contributed by atoms with E-state index in [1.54, 1.807) is 35.1 Å². The van der Waals surface area contributed by atoms with Crippen LogP contribution in [0.25, 0.3) is 16.9 Å². The largest absolute Gasteiger partial charge is 0.322 e. The molecule has 7 nitrogen and oxygen atoms in total. The highest BCUT2D eigenvalue weighted by Crippen LogP contribution is 2.30. The molecule has 4 aromatic rings. The van der Waals surface area contributed by atoms with Crippen molar-refractivity contribution in [3.8, 4) is 16.9 Å². The van der Waals surface area contributed by atoms with Crippen LogP contribution in [0.15, 0.2) is 79.0 Å². The predicted molar refractivity (Wildman–Crippen MR) is 139 cm³/mol. The summed E-state index contributed by atoms with van der Waals surface area (Å²) in [6.45, 7) is 4.48. The molecule has 5 rings (SSSR count). The van der Waals surface area contributed by atoms with E-state index in [0.29, 0.717) is 35.6 Å². The highest BCUT2D eigenvalue weighted by Gasteiger charge is 2.28. The van der Waals surface area contributed by atoms with Crippen LogP contribution in [0.4, 0.5) is 11.4 Å². The van der Waals surface area contributed by atoms with Gasteiger partial charge in [-0.2, -0.15) is 5.10 Å². The number of nitrogens with zero attached hydrogens (tertiary/aromatic N) is 3. The highest BCUT2D eigenvalue weighted by molar-refractivity contribution is 7.93. The summed E-state index contributed by atoms with van der Waals surface area (Å²) in [5.74, 6) is -0.176. The van der Waals surface area contributed by atoms with Crippen LogP contribution < -0.4 is 9.62 Å². The first-order valence-electron chi connectivity index (χ1n) is 11.5. The van der Waals surface area contributed by atoms with Gasteiger partial charge in [-0.05, 0) is 56.2 Å². The van der Waals surface area contributed by atoms with E-state index in [1.165, 1.54) is 4.31 Å². The van der Waals surface area contributed by atoms with Crippen molar-refractivity contribution in [2.75, 3.05) is 21.9 Å². The molecule has 1 aromatic heterocycles. The lowest BCUT2D eigenvalue weighted by Gasteiger charge is -2.17. The molecule has 178 valence electrons. The number of anilines is 2. The minimum absolute atomic E-state index is 0.140. The highest BCUT2D eigenvalue weighted by atomic mass is 32.2. The lowest BCUT2D eigenvalue weighted by molar-refractivity contribution is 0.102. The van der Waals surface area contributed by atoms with Gasteiger partial charge in [0.05, 0.1) is 22.7 Å². The Morgan fingerprint density at radius 2 is 1.71 bits per heavy atom. The number of sulfonamides is 1. The van der Waals surface area contributed by atoms with Crippen LogP contribution in [0.3, 0.4) is 0 Å². The SMILES string of the molecule is Cc1ccc(-c2nn(-c3ccccc3)cc2C(=O)Nc2cccc(N3CCCS3(=O)=O)c2)c(C)c1. The molecular formula is C27H26N4O3S. The molecule has 0 aliphatic carbocycles. The zero-order valence-corrected chi connectivity index (χ0v) is 20.4. The molecule has 0 unspecified atom stereocenters. The van der Waals surface area contributed by atoms with Crippen LogP contribution in [-0.2, 0) is 10.0 Å². The number of para-hydroxylation sites is 1. The minimum atomic E-state index is -3.31. The normalized spacial score (nSPS) is 14.7. The van der Waals surface area contributed by atoms with Gasteiger partial charge < -0.3 is 5.32 Å². The summed E-state index contributed by atoms with van der Waals surface area (Å²) in [4.78, 5) is 13.5. The second kappa shape index (κ2) is 9.03.